The van der Waals surface area contributed by atoms with Gasteiger partial charge in [0.05, 0.1) is 0 Å². The van der Waals surface area contributed by atoms with Crippen LogP contribution in [-0.2, 0) is 25.7 Å². The van der Waals surface area contributed by atoms with E-state index in [4.69, 9.17) is 0 Å². The van der Waals surface area contributed by atoms with E-state index in [0.717, 1.165) is 127 Å². The number of carbonyl (C=O) groups excluding carboxylic acids is 7. The number of aromatic nitrogens is 4. The second-order valence-electron chi connectivity index (χ2n) is 24.7. The fourth-order valence-electron chi connectivity index (χ4n) is 14.7. The molecule has 1 aliphatic carbocycles. The van der Waals surface area contributed by atoms with Crippen LogP contribution in [0.2, 0.25) is 0 Å². The molecule has 1 saturated carbocycles. The van der Waals surface area contributed by atoms with Crippen molar-refractivity contribution >= 4 is 65.0 Å². The summed E-state index contributed by atoms with van der Waals surface area (Å²) in [6, 6.07) is 16.1. The van der Waals surface area contributed by atoms with Crippen LogP contribution in [-0.4, -0.2) is 177 Å². The van der Waals surface area contributed by atoms with E-state index in [1.54, 1.807) is 38.4 Å². The third-order valence-electron chi connectivity index (χ3n) is 19.0. The summed E-state index contributed by atoms with van der Waals surface area (Å²) < 4.78 is 2.64. The molecule has 7 saturated heterocycles. The van der Waals surface area contributed by atoms with E-state index in [-0.39, 0.29) is 41.2 Å². The summed E-state index contributed by atoms with van der Waals surface area (Å²) in [5.41, 5.74) is 7.59. The van der Waals surface area contributed by atoms with Crippen LogP contribution in [0.4, 0.5) is 32.6 Å². The highest BCUT2D eigenvalue weighted by atomic mass is 16.2. The number of anilines is 4. The van der Waals surface area contributed by atoms with Gasteiger partial charge in [0.15, 0.2) is 11.6 Å². The Hall–Kier alpha value is -7.09. The van der Waals surface area contributed by atoms with Crippen LogP contribution in [0.5, 0.6) is 0 Å². The van der Waals surface area contributed by atoms with Crippen molar-refractivity contribution in [1.82, 2.24) is 44.1 Å². The highest BCUT2D eigenvalue weighted by molar-refractivity contribution is 5.88. The lowest BCUT2D eigenvalue weighted by molar-refractivity contribution is -0.128. The summed E-state index contributed by atoms with van der Waals surface area (Å²) in [6.07, 6.45) is 15.9. The molecular weight excluding hydrogens is 1030 g/mol. The van der Waals surface area contributed by atoms with Crippen molar-refractivity contribution in [3.05, 3.63) is 83.2 Å². The van der Waals surface area contributed by atoms with E-state index in [2.05, 4.69) is 66.7 Å². The van der Waals surface area contributed by atoms with Crippen LogP contribution in [0.15, 0.2) is 60.9 Å². The van der Waals surface area contributed by atoms with Gasteiger partial charge >= 0.3 is 12.1 Å². The number of aldehydes is 1. The van der Waals surface area contributed by atoms with Gasteiger partial charge in [0.2, 0.25) is 23.6 Å². The maximum absolute atomic E-state index is 13.1. The molecule has 7 aliphatic heterocycles. The molecule has 81 heavy (non-hydrogen) atoms. The van der Waals surface area contributed by atoms with Gasteiger partial charge in [-0.05, 0) is 124 Å². The topological polar surface area (TPSA) is 202 Å². The summed E-state index contributed by atoms with van der Waals surface area (Å²) in [4.78, 5) is 97.3. The van der Waals surface area contributed by atoms with E-state index in [1.807, 2.05) is 38.7 Å². The molecule has 9 heterocycles. The lowest BCUT2D eigenvalue weighted by Crippen LogP contribution is -2.53. The average Bonchev–Trinajstić information content (AvgIpc) is 4.47. The van der Waals surface area contributed by atoms with Crippen molar-refractivity contribution < 1.29 is 33.6 Å². The summed E-state index contributed by atoms with van der Waals surface area (Å²) >= 11 is 0. The zero-order valence-electron chi connectivity index (χ0n) is 48.4. The van der Waals surface area contributed by atoms with Gasteiger partial charge in [0, 0.05) is 183 Å². The molecule has 6 amide bonds. The first-order valence-electron chi connectivity index (χ1n) is 29.5. The second kappa shape index (κ2) is 24.2. The van der Waals surface area contributed by atoms with Crippen molar-refractivity contribution in [3.63, 3.8) is 0 Å². The SMILES string of the molecule is CC(=O)N1CC2CN(c3cc(C)cc(C=O)c3)CC2C1.CC(=O)Nc1ccn(C(=O)N2CCC3(CCCC3)CC2)n1.CC(=O)Nc1ccn(C(=O)N2CCC3(CCCN3Cc3cc(C)cc(N4CC5CN(C(C)=O)CC5C4)c3)CC2)n1. The predicted molar refractivity (Wildman–Crippen MR) is 310 cm³/mol. The van der Waals surface area contributed by atoms with Crippen molar-refractivity contribution in [3.8, 4) is 0 Å². The zero-order valence-corrected chi connectivity index (χ0v) is 48.4. The van der Waals surface area contributed by atoms with E-state index < -0.39 is 0 Å². The fourth-order valence-corrected chi connectivity index (χ4v) is 14.7. The first kappa shape index (κ1) is 57.2. The number of fused-ring (bicyclic) bond motifs is 2. The minimum Gasteiger partial charge on any atom is -0.371 e. The Morgan fingerprint density at radius 2 is 0.988 bits per heavy atom. The van der Waals surface area contributed by atoms with E-state index in [1.165, 1.54) is 78.6 Å². The smallest absolute Gasteiger partial charge is 0.344 e. The minimum atomic E-state index is -0.205. The molecule has 4 aromatic rings. The van der Waals surface area contributed by atoms with Crippen LogP contribution < -0.4 is 20.4 Å². The second-order valence-corrected chi connectivity index (χ2v) is 24.7. The van der Waals surface area contributed by atoms with Gasteiger partial charge < -0.3 is 40.0 Å². The average molecular weight is 1110 g/mol. The van der Waals surface area contributed by atoms with Crippen LogP contribution in [0.25, 0.3) is 0 Å². The molecule has 8 aliphatic rings. The predicted octanol–water partition coefficient (Wildman–Crippen LogP) is 7.35. The number of likely N-dealkylation sites (tertiary alicyclic amines) is 5. The number of rotatable bonds is 7. The van der Waals surface area contributed by atoms with Gasteiger partial charge in [0.25, 0.3) is 0 Å². The van der Waals surface area contributed by atoms with Crippen LogP contribution in [0, 0.1) is 42.9 Å². The van der Waals surface area contributed by atoms with Crippen LogP contribution in [0.3, 0.4) is 0 Å². The highest BCUT2D eigenvalue weighted by Gasteiger charge is 2.46. The summed E-state index contributed by atoms with van der Waals surface area (Å²) in [6.45, 7) is 23.0. The molecule has 0 bridgehead atoms. The number of aryl methyl sites for hydroxylation is 2. The third kappa shape index (κ3) is 13.2. The maximum atomic E-state index is 13.1. The molecule has 2 N–H and O–H groups in total. The van der Waals surface area contributed by atoms with Crippen LogP contribution >= 0.6 is 0 Å². The van der Waals surface area contributed by atoms with E-state index in [0.29, 0.717) is 53.8 Å². The van der Waals surface area contributed by atoms with Crippen molar-refractivity contribution in [1.29, 1.82) is 0 Å². The molecule has 12 rings (SSSR count). The third-order valence-corrected chi connectivity index (χ3v) is 19.0. The molecule has 0 radical (unpaired) electrons. The number of benzene rings is 2. The Morgan fingerprint density at radius 3 is 1.44 bits per heavy atom. The number of hydrogen-bond acceptors (Lipinski definition) is 12. The monoisotopic (exact) mass is 1110 g/mol. The lowest BCUT2D eigenvalue weighted by atomic mass is 9.77. The number of piperidine rings is 2. The normalized spacial score (nSPS) is 23.4. The molecule has 2 aromatic carbocycles. The molecule has 434 valence electrons. The number of nitrogens with zero attached hydrogens (tertiary/aromatic N) is 11. The molecule has 2 aromatic heterocycles. The minimum absolute atomic E-state index is 0.0977. The largest absolute Gasteiger partial charge is 0.371 e. The zero-order chi connectivity index (χ0) is 57.2. The van der Waals surface area contributed by atoms with Gasteiger partial charge in [-0.3, -0.25) is 28.9 Å². The van der Waals surface area contributed by atoms with E-state index >= 15 is 0 Å². The van der Waals surface area contributed by atoms with Gasteiger partial charge in [-0.25, -0.2) is 9.59 Å². The van der Waals surface area contributed by atoms with Crippen LogP contribution in [0.1, 0.15) is 119 Å². The van der Waals surface area contributed by atoms with Gasteiger partial charge in [-0.1, -0.05) is 18.9 Å². The van der Waals surface area contributed by atoms with Gasteiger partial charge in [0.1, 0.15) is 6.29 Å². The molecule has 20 heteroatoms. The van der Waals surface area contributed by atoms with Gasteiger partial charge in [-0.15, -0.1) is 10.2 Å². The fraction of sp³-hybridized carbons (Fsp3) is 0.590. The summed E-state index contributed by atoms with van der Waals surface area (Å²) in [5, 5.41) is 13.5. The number of nitrogens with one attached hydrogen (secondary N) is 2. The summed E-state index contributed by atoms with van der Waals surface area (Å²) in [7, 11) is 0. The van der Waals surface area contributed by atoms with Crippen molar-refractivity contribution in [2.75, 3.05) is 106 Å². The molecular formula is C61H83N13O7. The molecule has 20 nitrogen and oxygen atoms in total. The Labute approximate surface area is 476 Å². The lowest BCUT2D eigenvalue weighted by Gasteiger charge is -2.45. The Balaban J connectivity index is 0.000000151. The number of amides is 6. The van der Waals surface area contributed by atoms with E-state index in [9.17, 15) is 33.6 Å². The Kier molecular flexibility index (Phi) is 17.1. The maximum Gasteiger partial charge on any atom is 0.344 e. The first-order valence-corrected chi connectivity index (χ1v) is 29.5. The molecule has 4 atom stereocenters. The van der Waals surface area contributed by atoms with Crippen molar-refractivity contribution in [2.45, 2.75) is 118 Å². The Morgan fingerprint density at radius 1 is 0.531 bits per heavy atom. The molecule has 2 spiro atoms. The number of hydrogen-bond donors (Lipinski definition) is 2. The number of carbonyl (C=O) groups is 7. The molecule has 4 unspecified atom stereocenters. The van der Waals surface area contributed by atoms with Crippen molar-refractivity contribution in [2.24, 2.45) is 29.1 Å². The quantitative estimate of drug-likeness (QED) is 0.175. The highest BCUT2D eigenvalue weighted by Crippen LogP contribution is 2.46. The molecule has 8 fully saturated rings. The van der Waals surface area contributed by atoms with Gasteiger partial charge in [-0.2, -0.15) is 9.36 Å². The first-order chi connectivity index (χ1) is 38.8. The Bertz CT molecular complexity index is 2950. The standard InChI is InChI=1S/C30H41N7O3.C16H20N2O2.C15H22N4O2/c1-21-13-24(15-27(14-21)35-19-25-17-34(23(3)39)18-26(25)20-35)16-36-9-4-6-30(36)7-11-33(12-8-30)29(40)37-10-5-28(32-37)31-22(2)38;1-11-3-13(10-19)5-16(4-11)18-8-14-6-17(12(2)20)7-15(14)9-18;1-12(20)16-13-4-9-19(17-13)14(21)18-10-7-15(8-11-18)5-2-3-6-15/h5,10,13-15,25-26H,4,6-9,11-12,16-20H2,1-3H3,(H,31,32,38);3-5,10,14-15H,6-9H2,1-2H3;4,9H,2-3,5-8,10-11H2,1H3,(H,16,17,20). The summed E-state index contributed by atoms with van der Waals surface area (Å²) in [5.74, 6) is 3.08.